The van der Waals surface area contributed by atoms with Crippen molar-refractivity contribution < 1.29 is 24.5 Å². The number of rotatable bonds is 5. The van der Waals surface area contributed by atoms with Crippen LogP contribution in [0, 0.1) is 0 Å². The highest BCUT2D eigenvalue weighted by Crippen LogP contribution is 2.36. The lowest BCUT2D eigenvalue weighted by Crippen LogP contribution is -2.42. The highest BCUT2D eigenvalue weighted by Gasteiger charge is 2.22. The van der Waals surface area contributed by atoms with E-state index < -0.39 is 30.7 Å². The molecule has 0 fully saturated rings. The summed E-state index contributed by atoms with van der Waals surface area (Å²) in [5, 5.41) is 21.5. The van der Waals surface area contributed by atoms with Gasteiger partial charge in [-0.3, -0.25) is 9.59 Å². The molecule has 1 amide bonds. The van der Waals surface area contributed by atoms with Gasteiger partial charge in [-0.2, -0.15) is 0 Å². The average Bonchev–Trinajstić information content (AvgIpc) is 2.79. The van der Waals surface area contributed by atoms with Gasteiger partial charge in [0.05, 0.1) is 38.5 Å². The second-order valence-corrected chi connectivity index (χ2v) is 6.49. The maximum Gasteiger partial charge on any atom is 0.264 e. The molecule has 1 aliphatic rings. The van der Waals surface area contributed by atoms with Gasteiger partial charge in [0.25, 0.3) is 11.5 Å². The van der Waals surface area contributed by atoms with Gasteiger partial charge in [-0.25, -0.2) is 0 Å². The highest BCUT2D eigenvalue weighted by atomic mass is 16.5. The summed E-state index contributed by atoms with van der Waals surface area (Å²) in [7, 11) is 1.54. The molecule has 0 spiro atoms. The Balaban J connectivity index is 2.18. The zero-order valence-corrected chi connectivity index (χ0v) is 15.2. The monoisotopic (exact) mass is 376 g/mol. The Bertz CT molecular complexity index is 888. The van der Waals surface area contributed by atoms with Crippen molar-refractivity contribution in [2.45, 2.75) is 31.8 Å². The number of ether oxygens (including phenoxy) is 2. The van der Waals surface area contributed by atoms with Crippen LogP contribution in [0.2, 0.25) is 0 Å². The summed E-state index contributed by atoms with van der Waals surface area (Å²) in [5.41, 5.74) is 0.137. The van der Waals surface area contributed by atoms with Crippen molar-refractivity contribution in [3.63, 3.8) is 0 Å². The van der Waals surface area contributed by atoms with E-state index >= 15 is 0 Å². The molecule has 1 aromatic carbocycles. The molecule has 0 aliphatic carbocycles. The first-order valence-electron chi connectivity index (χ1n) is 9.00. The first kappa shape index (κ1) is 19.2. The molecule has 2 aromatic rings. The van der Waals surface area contributed by atoms with Gasteiger partial charge in [-0.1, -0.05) is 0 Å². The molecule has 1 aliphatic heterocycles. The third-order valence-electron chi connectivity index (χ3n) is 4.68. The number of nitrogens with zero attached hydrogens (tertiary/aromatic N) is 1. The molecule has 8 heteroatoms. The number of aryl methyl sites for hydroxylation is 1. The van der Waals surface area contributed by atoms with Gasteiger partial charge in [0.1, 0.15) is 5.56 Å². The zero-order valence-electron chi connectivity index (χ0n) is 15.2. The summed E-state index contributed by atoms with van der Waals surface area (Å²) >= 11 is 0. The van der Waals surface area contributed by atoms with Gasteiger partial charge < -0.3 is 29.6 Å². The largest absolute Gasteiger partial charge is 0.493 e. The third-order valence-corrected chi connectivity index (χ3v) is 4.68. The van der Waals surface area contributed by atoms with Gasteiger partial charge in [0.2, 0.25) is 0 Å². The summed E-state index contributed by atoms with van der Waals surface area (Å²) in [4.78, 5) is 25.6. The zero-order chi connectivity index (χ0) is 19.4. The lowest BCUT2D eigenvalue weighted by molar-refractivity contribution is 0.0877. The van der Waals surface area contributed by atoms with Crippen molar-refractivity contribution in [3.8, 4) is 11.5 Å². The van der Waals surface area contributed by atoms with Crippen LogP contribution >= 0.6 is 0 Å². The third kappa shape index (κ3) is 3.77. The Labute approximate surface area is 156 Å². The van der Waals surface area contributed by atoms with E-state index in [1.807, 2.05) is 0 Å². The van der Waals surface area contributed by atoms with Gasteiger partial charge in [-0.15, -0.1) is 0 Å². The Morgan fingerprint density at radius 3 is 2.78 bits per heavy atom. The number of nitrogens with one attached hydrogen (secondary N) is 1. The van der Waals surface area contributed by atoms with Crippen molar-refractivity contribution in [2.24, 2.45) is 0 Å². The topological polar surface area (TPSA) is 110 Å². The van der Waals surface area contributed by atoms with E-state index in [1.165, 1.54) is 6.07 Å². The number of hydrogen-bond acceptors (Lipinski definition) is 6. The Morgan fingerprint density at radius 2 is 2.07 bits per heavy atom. The predicted molar refractivity (Wildman–Crippen MR) is 99.5 cm³/mol. The molecule has 0 unspecified atom stereocenters. The number of methoxy groups -OCH3 is 1. The van der Waals surface area contributed by atoms with Crippen molar-refractivity contribution >= 4 is 16.8 Å². The molecule has 2 heterocycles. The number of aliphatic hydroxyl groups excluding tert-OH is 2. The minimum Gasteiger partial charge on any atom is -0.493 e. The molecule has 0 atom stereocenters. The number of pyridine rings is 1. The number of aliphatic hydroxyl groups is 2. The first-order chi connectivity index (χ1) is 13.1. The van der Waals surface area contributed by atoms with E-state index in [2.05, 4.69) is 5.32 Å². The van der Waals surface area contributed by atoms with Gasteiger partial charge in [0.15, 0.2) is 11.5 Å². The molecule has 8 nitrogen and oxygen atoms in total. The minimum atomic E-state index is -0.821. The fourth-order valence-electron chi connectivity index (χ4n) is 3.24. The number of benzene rings is 1. The van der Waals surface area contributed by atoms with Crippen LogP contribution in [0.25, 0.3) is 10.9 Å². The fourth-order valence-corrected chi connectivity index (χ4v) is 3.24. The molecule has 1 aromatic heterocycles. The van der Waals surface area contributed by atoms with Crippen LogP contribution in [0.1, 0.15) is 29.6 Å². The summed E-state index contributed by atoms with van der Waals surface area (Å²) < 4.78 is 12.9. The number of carbonyl (C=O) groups excluding carboxylic acids is 1. The standard InChI is InChI=1S/C19H24N2O6/c1-26-15-6-5-12-9-14(18(24)20-13(10-22)11-23)19(25)21-7-3-2-4-8-27-17(15)16(12)21/h5-6,9,13,22-23H,2-4,7-8,10-11H2,1H3,(H,20,24). The first-order valence-corrected chi connectivity index (χ1v) is 9.00. The van der Waals surface area contributed by atoms with E-state index in [0.29, 0.717) is 35.6 Å². The van der Waals surface area contributed by atoms with Crippen molar-refractivity contribution in [1.82, 2.24) is 9.88 Å². The number of hydrogen-bond donors (Lipinski definition) is 3. The molecule has 3 rings (SSSR count). The smallest absolute Gasteiger partial charge is 0.264 e. The second-order valence-electron chi connectivity index (χ2n) is 6.49. The van der Waals surface area contributed by atoms with Crippen molar-refractivity contribution in [1.29, 1.82) is 0 Å². The lowest BCUT2D eigenvalue weighted by atomic mass is 10.1. The fraction of sp³-hybridized carbons (Fsp3) is 0.474. The molecule has 3 N–H and O–H groups in total. The van der Waals surface area contributed by atoms with Crippen LogP contribution in [0.3, 0.4) is 0 Å². The Kier molecular flexibility index (Phi) is 5.98. The van der Waals surface area contributed by atoms with E-state index in [1.54, 1.807) is 23.8 Å². The minimum absolute atomic E-state index is 0.0373. The van der Waals surface area contributed by atoms with Crippen molar-refractivity contribution in [3.05, 3.63) is 34.1 Å². The lowest BCUT2D eigenvalue weighted by Gasteiger charge is -2.18. The van der Waals surface area contributed by atoms with E-state index in [4.69, 9.17) is 9.47 Å². The van der Waals surface area contributed by atoms with Gasteiger partial charge >= 0.3 is 0 Å². The highest BCUT2D eigenvalue weighted by molar-refractivity contribution is 5.99. The number of amides is 1. The second kappa shape index (κ2) is 8.41. The molecule has 0 radical (unpaired) electrons. The maximum absolute atomic E-state index is 13.1. The van der Waals surface area contributed by atoms with Gasteiger partial charge in [-0.05, 0) is 37.5 Å². The van der Waals surface area contributed by atoms with E-state index in [9.17, 15) is 19.8 Å². The molecular weight excluding hydrogens is 352 g/mol. The Hall–Kier alpha value is -2.58. The molecule has 27 heavy (non-hydrogen) atoms. The van der Waals surface area contributed by atoms with Crippen molar-refractivity contribution in [2.75, 3.05) is 26.9 Å². The molecule has 146 valence electrons. The molecule has 0 saturated carbocycles. The van der Waals surface area contributed by atoms with Gasteiger partial charge in [0, 0.05) is 11.9 Å². The summed E-state index contributed by atoms with van der Waals surface area (Å²) in [6.45, 7) is 0.155. The quantitative estimate of drug-likeness (QED) is 0.707. The van der Waals surface area contributed by atoms with Crippen LogP contribution in [0.15, 0.2) is 23.0 Å². The van der Waals surface area contributed by atoms with Crippen LogP contribution < -0.4 is 20.3 Å². The van der Waals surface area contributed by atoms with Crippen LogP contribution in [0.5, 0.6) is 11.5 Å². The normalized spacial score (nSPS) is 14.2. The average molecular weight is 376 g/mol. The molecule has 0 bridgehead atoms. The van der Waals surface area contributed by atoms with E-state index in [0.717, 1.165) is 19.3 Å². The number of carbonyl (C=O) groups is 1. The Morgan fingerprint density at radius 1 is 1.30 bits per heavy atom. The van der Waals surface area contributed by atoms with Crippen LogP contribution in [-0.2, 0) is 6.54 Å². The van der Waals surface area contributed by atoms with Crippen LogP contribution in [-0.4, -0.2) is 53.7 Å². The molecular formula is C19H24N2O6. The maximum atomic E-state index is 13.1. The predicted octanol–water partition coefficient (Wildman–Crippen LogP) is 0.656. The summed E-state index contributed by atoms with van der Waals surface area (Å²) in [6.07, 6.45) is 2.55. The summed E-state index contributed by atoms with van der Waals surface area (Å²) in [6, 6.07) is 4.22. The van der Waals surface area contributed by atoms with Crippen LogP contribution in [0.4, 0.5) is 0 Å². The SMILES string of the molecule is COc1ccc2cc(C(=O)NC(CO)CO)c(=O)n3c2c1OCCCCC3. The molecule has 0 saturated heterocycles. The number of aromatic nitrogens is 1. The van der Waals surface area contributed by atoms with E-state index in [-0.39, 0.29) is 5.56 Å². The summed E-state index contributed by atoms with van der Waals surface area (Å²) in [5.74, 6) is 0.414.